The van der Waals surface area contributed by atoms with E-state index in [1.807, 2.05) is 38.1 Å². The Hall–Kier alpha value is -2.27. The highest BCUT2D eigenvalue weighted by atomic mass is 32.2. The number of amides is 1. The van der Waals surface area contributed by atoms with E-state index in [0.29, 0.717) is 17.9 Å². The van der Waals surface area contributed by atoms with Crippen molar-refractivity contribution in [3.05, 3.63) is 59.7 Å². The zero-order chi connectivity index (χ0) is 17.5. The van der Waals surface area contributed by atoms with Gasteiger partial charge in [-0.25, -0.2) is 4.79 Å². The van der Waals surface area contributed by atoms with Gasteiger partial charge in [0.15, 0.2) is 0 Å². The van der Waals surface area contributed by atoms with Gasteiger partial charge in [-0.3, -0.25) is 4.79 Å². The van der Waals surface area contributed by atoms with E-state index in [0.717, 1.165) is 4.90 Å². The summed E-state index contributed by atoms with van der Waals surface area (Å²) in [7, 11) is 0. The third-order valence-corrected chi connectivity index (χ3v) is 4.48. The maximum Gasteiger partial charge on any atom is 0.338 e. The largest absolute Gasteiger partial charge is 0.462 e. The molecule has 0 aliphatic rings. The molecule has 24 heavy (non-hydrogen) atoms. The summed E-state index contributed by atoms with van der Waals surface area (Å²) in [5.74, 6) is -0.442. The van der Waals surface area contributed by atoms with Crippen LogP contribution in [-0.4, -0.2) is 23.7 Å². The lowest BCUT2D eigenvalue weighted by Gasteiger charge is -2.12. The Bertz CT molecular complexity index is 696. The van der Waals surface area contributed by atoms with Crippen LogP contribution in [0.4, 0.5) is 5.69 Å². The van der Waals surface area contributed by atoms with Crippen LogP contribution in [0.1, 0.15) is 29.8 Å². The molecule has 0 unspecified atom stereocenters. The van der Waals surface area contributed by atoms with Crippen LogP contribution < -0.4 is 5.32 Å². The van der Waals surface area contributed by atoms with Crippen molar-refractivity contribution in [2.75, 3.05) is 11.9 Å². The van der Waals surface area contributed by atoms with Crippen LogP contribution in [0.5, 0.6) is 0 Å². The van der Waals surface area contributed by atoms with Crippen LogP contribution in [0.2, 0.25) is 0 Å². The van der Waals surface area contributed by atoms with Gasteiger partial charge in [0, 0.05) is 10.6 Å². The lowest BCUT2D eigenvalue weighted by Crippen LogP contribution is -2.22. The number of carbonyl (C=O) groups excluding carboxylic acids is 2. The summed E-state index contributed by atoms with van der Waals surface area (Å²) in [6, 6.07) is 14.8. The molecule has 1 atom stereocenters. The highest BCUT2D eigenvalue weighted by Crippen LogP contribution is 2.24. The number of rotatable bonds is 6. The molecule has 0 bridgehead atoms. The molecule has 0 aromatic heterocycles. The van der Waals surface area contributed by atoms with Gasteiger partial charge in [0.25, 0.3) is 0 Å². The number of anilines is 1. The summed E-state index contributed by atoms with van der Waals surface area (Å²) in [5.41, 5.74) is 2.32. The van der Waals surface area contributed by atoms with Crippen molar-refractivity contribution >= 4 is 29.3 Å². The number of nitrogens with one attached hydrogen (secondary N) is 1. The fourth-order valence-electron chi connectivity index (χ4n) is 2.02. The van der Waals surface area contributed by atoms with E-state index in [4.69, 9.17) is 4.74 Å². The Morgan fingerprint density at radius 3 is 2.29 bits per heavy atom. The first-order valence-electron chi connectivity index (χ1n) is 7.81. The molecule has 0 spiro atoms. The number of thioether (sulfide) groups is 1. The van der Waals surface area contributed by atoms with Gasteiger partial charge >= 0.3 is 5.97 Å². The van der Waals surface area contributed by atoms with E-state index in [-0.39, 0.29) is 17.1 Å². The zero-order valence-corrected chi connectivity index (χ0v) is 14.9. The summed E-state index contributed by atoms with van der Waals surface area (Å²) >= 11 is 1.51. The molecule has 2 aromatic rings. The molecule has 5 heteroatoms. The first-order valence-corrected chi connectivity index (χ1v) is 8.69. The van der Waals surface area contributed by atoms with Gasteiger partial charge in [0.05, 0.1) is 17.4 Å². The van der Waals surface area contributed by atoms with E-state index in [1.54, 1.807) is 31.2 Å². The molecule has 0 aliphatic heterocycles. The number of carbonyl (C=O) groups is 2. The Kier molecular flexibility index (Phi) is 6.44. The normalized spacial score (nSPS) is 11.6. The third kappa shape index (κ3) is 5.13. The molecule has 0 saturated carbocycles. The number of hydrogen-bond donors (Lipinski definition) is 1. The number of esters is 1. The topological polar surface area (TPSA) is 55.4 Å². The van der Waals surface area contributed by atoms with Crippen LogP contribution in [-0.2, 0) is 9.53 Å². The Morgan fingerprint density at radius 2 is 1.71 bits per heavy atom. The molecule has 0 heterocycles. The fraction of sp³-hybridized carbons (Fsp3) is 0.263. The van der Waals surface area contributed by atoms with E-state index in [1.165, 1.54) is 17.3 Å². The molecular formula is C19H21NO3S. The van der Waals surface area contributed by atoms with Crippen molar-refractivity contribution < 1.29 is 14.3 Å². The summed E-state index contributed by atoms with van der Waals surface area (Å²) in [4.78, 5) is 24.9. The SMILES string of the molecule is CCOC(=O)c1ccc(NC(=O)[C@@H](C)Sc2ccc(C)cc2)cc1. The summed E-state index contributed by atoms with van der Waals surface area (Å²) in [6.45, 7) is 6.00. The predicted octanol–water partition coefficient (Wildman–Crippen LogP) is 4.29. The van der Waals surface area contributed by atoms with E-state index in [9.17, 15) is 9.59 Å². The van der Waals surface area contributed by atoms with Crippen molar-refractivity contribution in [3.8, 4) is 0 Å². The van der Waals surface area contributed by atoms with Crippen molar-refractivity contribution in [2.24, 2.45) is 0 Å². The maximum absolute atomic E-state index is 12.3. The second-order valence-corrected chi connectivity index (χ2v) is 6.77. The highest BCUT2D eigenvalue weighted by Gasteiger charge is 2.15. The molecule has 4 nitrogen and oxygen atoms in total. The molecule has 1 amide bonds. The number of ether oxygens (including phenoxy) is 1. The van der Waals surface area contributed by atoms with Crippen molar-refractivity contribution in [1.82, 2.24) is 0 Å². The molecule has 0 fully saturated rings. The highest BCUT2D eigenvalue weighted by molar-refractivity contribution is 8.00. The lowest BCUT2D eigenvalue weighted by molar-refractivity contribution is -0.115. The minimum atomic E-state index is -0.362. The smallest absolute Gasteiger partial charge is 0.338 e. The van der Waals surface area contributed by atoms with Crippen LogP contribution >= 0.6 is 11.8 Å². The molecule has 0 aliphatic carbocycles. The lowest BCUT2D eigenvalue weighted by atomic mass is 10.2. The number of hydrogen-bond acceptors (Lipinski definition) is 4. The monoisotopic (exact) mass is 343 g/mol. The minimum absolute atomic E-state index is 0.0792. The fourth-order valence-corrected chi connectivity index (χ4v) is 2.89. The van der Waals surface area contributed by atoms with Gasteiger partial charge in [-0.15, -0.1) is 11.8 Å². The van der Waals surface area contributed by atoms with Crippen LogP contribution in [0, 0.1) is 6.92 Å². The molecule has 1 N–H and O–H groups in total. The molecule has 2 aromatic carbocycles. The van der Waals surface area contributed by atoms with Crippen molar-refractivity contribution in [1.29, 1.82) is 0 Å². The third-order valence-electron chi connectivity index (χ3n) is 3.37. The predicted molar refractivity (Wildman–Crippen MR) is 97.5 cm³/mol. The second kappa shape index (κ2) is 8.55. The van der Waals surface area contributed by atoms with Gasteiger partial charge in [-0.05, 0) is 57.2 Å². The maximum atomic E-state index is 12.3. The zero-order valence-electron chi connectivity index (χ0n) is 14.0. The average Bonchev–Trinajstić information content (AvgIpc) is 2.57. The first-order chi connectivity index (χ1) is 11.5. The molecular weight excluding hydrogens is 322 g/mol. The van der Waals surface area contributed by atoms with Crippen molar-refractivity contribution in [3.63, 3.8) is 0 Å². The Balaban J connectivity index is 1.93. The first kappa shape index (κ1) is 18.1. The molecule has 126 valence electrons. The second-order valence-electron chi connectivity index (χ2n) is 5.36. The van der Waals surface area contributed by atoms with E-state index >= 15 is 0 Å². The average molecular weight is 343 g/mol. The van der Waals surface area contributed by atoms with Gasteiger partial charge in [0.1, 0.15) is 0 Å². The molecule has 2 rings (SSSR count). The minimum Gasteiger partial charge on any atom is -0.462 e. The number of aryl methyl sites for hydroxylation is 1. The van der Waals surface area contributed by atoms with Gasteiger partial charge in [-0.1, -0.05) is 17.7 Å². The van der Waals surface area contributed by atoms with Gasteiger partial charge in [-0.2, -0.15) is 0 Å². The van der Waals surface area contributed by atoms with Crippen LogP contribution in [0.3, 0.4) is 0 Å². The summed E-state index contributed by atoms with van der Waals surface area (Å²) in [5, 5.41) is 2.63. The van der Waals surface area contributed by atoms with Crippen LogP contribution in [0.25, 0.3) is 0 Å². The van der Waals surface area contributed by atoms with Crippen LogP contribution in [0.15, 0.2) is 53.4 Å². The summed E-state index contributed by atoms with van der Waals surface area (Å²) in [6.07, 6.45) is 0. The quantitative estimate of drug-likeness (QED) is 0.628. The summed E-state index contributed by atoms with van der Waals surface area (Å²) < 4.78 is 4.93. The molecule has 0 radical (unpaired) electrons. The van der Waals surface area contributed by atoms with Crippen molar-refractivity contribution in [2.45, 2.75) is 30.9 Å². The van der Waals surface area contributed by atoms with E-state index in [2.05, 4.69) is 5.32 Å². The van der Waals surface area contributed by atoms with Gasteiger partial charge in [0.2, 0.25) is 5.91 Å². The Labute approximate surface area is 146 Å². The van der Waals surface area contributed by atoms with Gasteiger partial charge < -0.3 is 10.1 Å². The standard InChI is InChI=1S/C19H21NO3S/c1-4-23-19(22)15-7-9-16(10-8-15)20-18(21)14(3)24-17-11-5-13(2)6-12-17/h5-12,14H,4H2,1-3H3,(H,20,21)/t14-/m1/s1. The molecule has 0 saturated heterocycles. The van der Waals surface area contributed by atoms with E-state index < -0.39 is 0 Å². The number of benzene rings is 2. The Morgan fingerprint density at radius 1 is 1.08 bits per heavy atom.